The Kier molecular flexibility index (Phi) is 6.11. The molecule has 0 spiro atoms. The van der Waals surface area contributed by atoms with E-state index >= 15 is 0 Å². The van der Waals surface area contributed by atoms with Gasteiger partial charge in [0.1, 0.15) is 17.8 Å². The van der Waals surface area contributed by atoms with Crippen LogP contribution in [-0.2, 0) is 0 Å². The van der Waals surface area contributed by atoms with Crippen LogP contribution in [0.15, 0.2) is 65.7 Å². The second kappa shape index (κ2) is 9.13. The number of aromatic nitrogens is 4. The molecular weight excluding hydrogens is 402 g/mol. The summed E-state index contributed by atoms with van der Waals surface area (Å²) in [5, 5.41) is 11.1. The van der Waals surface area contributed by atoms with Gasteiger partial charge in [-0.3, -0.25) is 9.79 Å². The number of allylic oxidation sites excluding steroid dienone is 1. The molecule has 1 aliphatic rings. The van der Waals surface area contributed by atoms with Crippen molar-refractivity contribution in [3.8, 4) is 11.5 Å². The zero-order valence-electron chi connectivity index (χ0n) is 18.6. The van der Waals surface area contributed by atoms with Crippen LogP contribution in [0.25, 0.3) is 11.5 Å². The summed E-state index contributed by atoms with van der Waals surface area (Å²) in [5.41, 5.74) is 3.07. The van der Waals surface area contributed by atoms with Crippen LogP contribution < -0.4 is 10.2 Å². The predicted octanol–water partition coefficient (Wildman–Crippen LogP) is 4.56. The molecule has 0 bridgehead atoms. The van der Waals surface area contributed by atoms with Gasteiger partial charge in [0.15, 0.2) is 5.82 Å². The molecule has 2 heterocycles. The largest absolute Gasteiger partial charge is 0.349 e. The molecule has 0 radical (unpaired) electrons. The minimum absolute atomic E-state index is 0.200. The van der Waals surface area contributed by atoms with E-state index in [9.17, 15) is 4.79 Å². The SMILES string of the molecule is C=N/C(=C\N(C)c1cccc(C(=O)Nc2cccc(-c3nncn3C(C)C)n2)c1)C1CC1. The molecule has 0 aliphatic heterocycles. The van der Waals surface area contributed by atoms with Crippen LogP contribution in [-0.4, -0.2) is 39.4 Å². The van der Waals surface area contributed by atoms with Gasteiger partial charge in [0.25, 0.3) is 5.91 Å². The van der Waals surface area contributed by atoms with E-state index in [1.165, 1.54) is 0 Å². The lowest BCUT2D eigenvalue weighted by Crippen LogP contribution is -2.15. The molecule has 32 heavy (non-hydrogen) atoms. The number of anilines is 2. The number of carbonyl (C=O) groups excluding carboxylic acids is 1. The number of pyridine rings is 1. The van der Waals surface area contributed by atoms with Crippen LogP contribution in [0.5, 0.6) is 0 Å². The van der Waals surface area contributed by atoms with Crippen molar-refractivity contribution < 1.29 is 4.79 Å². The molecule has 2 aromatic heterocycles. The maximum Gasteiger partial charge on any atom is 0.256 e. The molecular formula is C24H27N7O. The molecule has 1 saturated carbocycles. The molecule has 1 aliphatic carbocycles. The van der Waals surface area contributed by atoms with Crippen LogP contribution >= 0.6 is 0 Å². The molecule has 0 unspecified atom stereocenters. The molecule has 164 valence electrons. The van der Waals surface area contributed by atoms with Crippen LogP contribution in [0.2, 0.25) is 0 Å². The topological polar surface area (TPSA) is 88.3 Å². The van der Waals surface area contributed by atoms with E-state index in [0.717, 1.165) is 24.2 Å². The number of aliphatic imine (C=N–C) groups is 1. The van der Waals surface area contributed by atoms with E-state index in [2.05, 4.69) is 46.1 Å². The van der Waals surface area contributed by atoms with Gasteiger partial charge in [-0.1, -0.05) is 12.1 Å². The molecule has 0 atom stereocenters. The number of amides is 1. The summed E-state index contributed by atoms with van der Waals surface area (Å²) in [5.74, 6) is 1.38. The van der Waals surface area contributed by atoms with Crippen molar-refractivity contribution in [3.05, 3.63) is 66.3 Å². The summed E-state index contributed by atoms with van der Waals surface area (Å²) in [6, 6.07) is 13.1. The Morgan fingerprint density at radius 1 is 1.28 bits per heavy atom. The van der Waals surface area contributed by atoms with Crippen molar-refractivity contribution in [2.24, 2.45) is 10.9 Å². The Morgan fingerprint density at radius 3 is 2.78 bits per heavy atom. The highest BCUT2D eigenvalue weighted by molar-refractivity contribution is 6.04. The van der Waals surface area contributed by atoms with E-state index < -0.39 is 0 Å². The highest BCUT2D eigenvalue weighted by Crippen LogP contribution is 2.37. The number of rotatable bonds is 8. The number of nitrogens with one attached hydrogen (secondary N) is 1. The fourth-order valence-electron chi connectivity index (χ4n) is 3.42. The molecule has 8 heteroatoms. The van der Waals surface area contributed by atoms with Gasteiger partial charge in [0.2, 0.25) is 0 Å². The Balaban J connectivity index is 1.52. The molecule has 1 aromatic carbocycles. The zero-order valence-corrected chi connectivity index (χ0v) is 18.6. The average molecular weight is 430 g/mol. The lowest BCUT2D eigenvalue weighted by Gasteiger charge is -2.16. The van der Waals surface area contributed by atoms with Gasteiger partial charge in [-0.2, -0.15) is 0 Å². The molecule has 4 rings (SSSR count). The molecule has 1 N–H and O–H groups in total. The third-order valence-electron chi connectivity index (χ3n) is 5.37. The van der Waals surface area contributed by atoms with Crippen LogP contribution in [0, 0.1) is 5.92 Å². The summed E-state index contributed by atoms with van der Waals surface area (Å²) < 4.78 is 1.94. The zero-order chi connectivity index (χ0) is 22.7. The fourth-order valence-corrected chi connectivity index (χ4v) is 3.42. The number of hydrogen-bond donors (Lipinski definition) is 1. The lowest BCUT2D eigenvalue weighted by molar-refractivity contribution is 0.102. The molecule has 0 saturated heterocycles. The Bertz CT molecular complexity index is 1160. The van der Waals surface area contributed by atoms with E-state index in [1.807, 2.05) is 53.0 Å². The van der Waals surface area contributed by atoms with E-state index in [0.29, 0.717) is 28.8 Å². The van der Waals surface area contributed by atoms with Crippen molar-refractivity contribution in [2.75, 3.05) is 17.3 Å². The van der Waals surface area contributed by atoms with Gasteiger partial charge < -0.3 is 14.8 Å². The van der Waals surface area contributed by atoms with Gasteiger partial charge in [0.05, 0.1) is 5.70 Å². The number of benzene rings is 1. The predicted molar refractivity (Wildman–Crippen MR) is 127 cm³/mol. The maximum absolute atomic E-state index is 12.9. The summed E-state index contributed by atoms with van der Waals surface area (Å²) in [6.45, 7) is 7.78. The fraction of sp³-hybridized carbons (Fsp3) is 0.292. The lowest BCUT2D eigenvalue weighted by atomic mass is 10.1. The van der Waals surface area contributed by atoms with Gasteiger partial charge in [-0.25, -0.2) is 4.98 Å². The van der Waals surface area contributed by atoms with Crippen molar-refractivity contribution in [2.45, 2.75) is 32.7 Å². The summed E-state index contributed by atoms with van der Waals surface area (Å²) in [4.78, 5) is 23.6. The number of hydrogen-bond acceptors (Lipinski definition) is 6. The normalized spacial score (nSPS) is 13.8. The Morgan fingerprint density at radius 2 is 2.06 bits per heavy atom. The van der Waals surface area contributed by atoms with Gasteiger partial charge >= 0.3 is 0 Å². The van der Waals surface area contributed by atoms with E-state index in [4.69, 9.17) is 0 Å². The van der Waals surface area contributed by atoms with Crippen molar-refractivity contribution >= 4 is 24.1 Å². The smallest absolute Gasteiger partial charge is 0.256 e. The summed E-state index contributed by atoms with van der Waals surface area (Å²) >= 11 is 0. The van der Waals surface area contributed by atoms with Crippen molar-refractivity contribution in [1.82, 2.24) is 19.7 Å². The summed E-state index contributed by atoms with van der Waals surface area (Å²) in [6.07, 6.45) is 5.97. The van der Waals surface area contributed by atoms with Crippen molar-refractivity contribution in [1.29, 1.82) is 0 Å². The van der Waals surface area contributed by atoms with Gasteiger partial charge in [-0.15, -0.1) is 10.2 Å². The average Bonchev–Trinajstić information content (AvgIpc) is 3.52. The van der Waals surface area contributed by atoms with E-state index in [1.54, 1.807) is 18.5 Å². The molecule has 1 amide bonds. The number of nitrogens with zero attached hydrogens (tertiary/aromatic N) is 6. The van der Waals surface area contributed by atoms with Crippen LogP contribution in [0.1, 0.15) is 43.1 Å². The second-order valence-electron chi connectivity index (χ2n) is 8.17. The highest BCUT2D eigenvalue weighted by atomic mass is 16.1. The monoisotopic (exact) mass is 429 g/mol. The molecule has 3 aromatic rings. The minimum atomic E-state index is -0.233. The third kappa shape index (κ3) is 4.74. The first-order valence-electron chi connectivity index (χ1n) is 10.7. The van der Waals surface area contributed by atoms with E-state index in [-0.39, 0.29) is 11.9 Å². The quantitative estimate of drug-likeness (QED) is 0.530. The van der Waals surface area contributed by atoms with Gasteiger partial charge in [0, 0.05) is 36.5 Å². The van der Waals surface area contributed by atoms with Crippen LogP contribution in [0.4, 0.5) is 11.5 Å². The first-order valence-corrected chi connectivity index (χ1v) is 10.7. The van der Waals surface area contributed by atoms with Gasteiger partial charge in [-0.05, 0) is 63.7 Å². The molecule has 8 nitrogen and oxygen atoms in total. The second-order valence-corrected chi connectivity index (χ2v) is 8.17. The van der Waals surface area contributed by atoms with Crippen LogP contribution in [0.3, 0.4) is 0 Å². The first kappa shape index (κ1) is 21.4. The molecule has 1 fully saturated rings. The Hall–Kier alpha value is -3.81. The number of carbonyl (C=O) groups is 1. The highest BCUT2D eigenvalue weighted by Gasteiger charge is 2.26. The van der Waals surface area contributed by atoms with Crippen molar-refractivity contribution in [3.63, 3.8) is 0 Å². The maximum atomic E-state index is 12.9. The third-order valence-corrected chi connectivity index (χ3v) is 5.37. The summed E-state index contributed by atoms with van der Waals surface area (Å²) in [7, 11) is 1.94. The minimum Gasteiger partial charge on any atom is -0.349 e. The standard InChI is InChI=1S/C24H27N7O/c1-16(2)31-15-26-29-23(31)20-9-6-10-22(27-20)28-24(32)18-7-5-8-19(13-18)30(4)14-21(25-3)17-11-12-17/h5-10,13-17H,3,11-12H2,1-2,4H3,(H,27,28,32)/b21-14-. The Labute approximate surface area is 187 Å². The first-order chi connectivity index (χ1) is 15.5.